The van der Waals surface area contributed by atoms with Gasteiger partial charge in [-0.2, -0.15) is 0 Å². The maximum absolute atomic E-state index is 13.1. The monoisotopic (exact) mass is 226 g/mol. The number of carbonyl (C=O) groups is 1. The van der Waals surface area contributed by atoms with Crippen molar-refractivity contribution in [1.82, 2.24) is 0 Å². The summed E-state index contributed by atoms with van der Waals surface area (Å²) in [5.74, 6) is -0.525. The summed E-state index contributed by atoms with van der Waals surface area (Å²) >= 11 is 0. The first-order valence-corrected chi connectivity index (χ1v) is 4.98. The van der Waals surface area contributed by atoms with Gasteiger partial charge in [0.05, 0.1) is 20.6 Å². The maximum atomic E-state index is 13.1. The molecule has 4 heteroatoms. The molecule has 88 valence electrons. The molecule has 0 N–H and O–H groups in total. The van der Waals surface area contributed by atoms with Crippen LogP contribution in [0, 0.1) is 5.82 Å². The number of rotatable bonds is 4. The smallest absolute Gasteiger partial charge is 0.306 e. The molecule has 0 bridgehead atoms. The van der Waals surface area contributed by atoms with Gasteiger partial charge < -0.3 is 9.47 Å². The number of carbonyl (C=O) groups excluding carboxylic acids is 1. The highest BCUT2D eigenvalue weighted by molar-refractivity contribution is 5.70. The molecular weight excluding hydrogens is 211 g/mol. The van der Waals surface area contributed by atoms with Crippen molar-refractivity contribution in [2.75, 3.05) is 14.2 Å². The number of hydrogen-bond donors (Lipinski definition) is 0. The van der Waals surface area contributed by atoms with E-state index in [4.69, 9.17) is 4.74 Å². The minimum atomic E-state index is -0.406. The number of esters is 1. The van der Waals surface area contributed by atoms with Crippen molar-refractivity contribution in [3.05, 3.63) is 29.6 Å². The molecule has 0 saturated carbocycles. The van der Waals surface area contributed by atoms with Gasteiger partial charge in [-0.25, -0.2) is 4.39 Å². The van der Waals surface area contributed by atoms with E-state index in [0.717, 1.165) is 5.56 Å². The molecule has 1 aromatic rings. The molecule has 1 rings (SSSR count). The molecule has 3 nitrogen and oxygen atoms in total. The van der Waals surface area contributed by atoms with Gasteiger partial charge in [-0.1, -0.05) is 13.0 Å². The summed E-state index contributed by atoms with van der Waals surface area (Å²) in [5.41, 5.74) is 0.851. The van der Waals surface area contributed by atoms with Gasteiger partial charge in [0, 0.05) is 0 Å². The molecule has 16 heavy (non-hydrogen) atoms. The Labute approximate surface area is 94.2 Å². The van der Waals surface area contributed by atoms with Crippen molar-refractivity contribution in [2.45, 2.75) is 19.3 Å². The van der Waals surface area contributed by atoms with Crippen LogP contribution < -0.4 is 4.74 Å². The molecule has 0 aromatic heterocycles. The first-order chi connectivity index (χ1) is 7.58. The minimum Gasteiger partial charge on any atom is -0.494 e. The molecule has 1 unspecified atom stereocenters. The molecule has 0 spiro atoms. The maximum Gasteiger partial charge on any atom is 0.306 e. The van der Waals surface area contributed by atoms with Crippen molar-refractivity contribution >= 4 is 5.97 Å². The fourth-order valence-corrected chi connectivity index (χ4v) is 1.43. The largest absolute Gasteiger partial charge is 0.494 e. The Balaban J connectivity index is 2.83. The van der Waals surface area contributed by atoms with Crippen LogP contribution >= 0.6 is 0 Å². The number of halogens is 1. The summed E-state index contributed by atoms with van der Waals surface area (Å²) in [6.45, 7) is 1.88. The summed E-state index contributed by atoms with van der Waals surface area (Å²) < 4.78 is 22.6. The van der Waals surface area contributed by atoms with Gasteiger partial charge in [-0.15, -0.1) is 0 Å². The molecule has 0 aliphatic heterocycles. The van der Waals surface area contributed by atoms with Crippen LogP contribution in [0.15, 0.2) is 18.2 Å². The summed E-state index contributed by atoms with van der Waals surface area (Å²) in [6.07, 6.45) is 0.269. The molecule has 1 aromatic carbocycles. The zero-order valence-electron chi connectivity index (χ0n) is 9.62. The first-order valence-electron chi connectivity index (χ1n) is 4.98. The Morgan fingerprint density at radius 3 is 2.69 bits per heavy atom. The van der Waals surface area contributed by atoms with Gasteiger partial charge in [0.25, 0.3) is 0 Å². The molecule has 0 aliphatic carbocycles. The lowest BCUT2D eigenvalue weighted by Gasteiger charge is -2.12. The van der Waals surface area contributed by atoms with E-state index in [2.05, 4.69) is 4.74 Å². The summed E-state index contributed by atoms with van der Waals surface area (Å²) in [4.78, 5) is 11.1. The minimum absolute atomic E-state index is 0.0260. The lowest BCUT2D eigenvalue weighted by Crippen LogP contribution is -2.06. The van der Waals surface area contributed by atoms with Gasteiger partial charge in [0.1, 0.15) is 0 Å². The molecule has 1 atom stereocenters. The third kappa shape index (κ3) is 2.95. The van der Waals surface area contributed by atoms with Crippen LogP contribution in [0.3, 0.4) is 0 Å². The normalized spacial score (nSPS) is 12.0. The highest BCUT2D eigenvalue weighted by Gasteiger charge is 2.13. The zero-order chi connectivity index (χ0) is 12.1. The fraction of sp³-hybridized carbons (Fsp3) is 0.417. The third-order valence-electron chi connectivity index (χ3n) is 2.44. The average molecular weight is 226 g/mol. The first kappa shape index (κ1) is 12.5. The Kier molecular flexibility index (Phi) is 4.28. The topological polar surface area (TPSA) is 35.5 Å². The Hall–Kier alpha value is -1.58. The van der Waals surface area contributed by atoms with E-state index in [9.17, 15) is 9.18 Å². The van der Waals surface area contributed by atoms with Crippen LogP contribution in [0.2, 0.25) is 0 Å². The lowest BCUT2D eigenvalue weighted by molar-refractivity contribution is -0.140. The van der Waals surface area contributed by atoms with E-state index in [1.54, 1.807) is 12.1 Å². The highest BCUT2D eigenvalue weighted by atomic mass is 19.1. The van der Waals surface area contributed by atoms with Crippen molar-refractivity contribution < 1.29 is 18.7 Å². The standard InChI is InChI=1S/C12H15FO3/c1-8(6-12(14)16-3)9-4-5-10(13)11(7-9)15-2/h4-5,7-8H,6H2,1-3H3. The highest BCUT2D eigenvalue weighted by Crippen LogP contribution is 2.25. The van der Waals surface area contributed by atoms with E-state index in [0.29, 0.717) is 0 Å². The van der Waals surface area contributed by atoms with Crippen LogP contribution in [0.25, 0.3) is 0 Å². The SMILES string of the molecule is COC(=O)CC(C)c1ccc(F)c(OC)c1. The number of hydrogen-bond acceptors (Lipinski definition) is 3. The second-order valence-electron chi connectivity index (χ2n) is 3.58. The number of benzene rings is 1. The van der Waals surface area contributed by atoms with Crippen LogP contribution in [-0.4, -0.2) is 20.2 Å². The molecule has 0 radical (unpaired) electrons. The molecule has 0 aliphatic rings. The third-order valence-corrected chi connectivity index (χ3v) is 2.44. The number of methoxy groups -OCH3 is 2. The Morgan fingerprint density at radius 2 is 2.12 bits per heavy atom. The second-order valence-corrected chi connectivity index (χ2v) is 3.58. The van der Waals surface area contributed by atoms with Gasteiger partial charge in [0.2, 0.25) is 0 Å². The van der Waals surface area contributed by atoms with E-state index >= 15 is 0 Å². The Bertz CT molecular complexity index is 377. The van der Waals surface area contributed by atoms with Gasteiger partial charge in [-0.3, -0.25) is 4.79 Å². The Morgan fingerprint density at radius 1 is 1.44 bits per heavy atom. The van der Waals surface area contributed by atoms with Gasteiger partial charge in [-0.05, 0) is 23.6 Å². The lowest BCUT2D eigenvalue weighted by atomic mass is 9.97. The van der Waals surface area contributed by atoms with Crippen LogP contribution in [-0.2, 0) is 9.53 Å². The van der Waals surface area contributed by atoms with Gasteiger partial charge >= 0.3 is 5.97 Å². The molecule has 0 fully saturated rings. The van der Waals surface area contributed by atoms with Crippen LogP contribution in [0.4, 0.5) is 4.39 Å². The predicted octanol–water partition coefficient (Wildman–Crippen LogP) is 2.50. The summed E-state index contributed by atoms with van der Waals surface area (Å²) in [7, 11) is 2.76. The van der Waals surface area contributed by atoms with Gasteiger partial charge in [0.15, 0.2) is 11.6 Å². The quantitative estimate of drug-likeness (QED) is 0.740. The fourth-order valence-electron chi connectivity index (χ4n) is 1.43. The summed E-state index contributed by atoms with van der Waals surface area (Å²) in [6, 6.07) is 4.58. The van der Waals surface area contributed by atoms with Crippen molar-refractivity contribution in [2.24, 2.45) is 0 Å². The second kappa shape index (κ2) is 5.49. The summed E-state index contributed by atoms with van der Waals surface area (Å²) in [5, 5.41) is 0. The van der Waals surface area contributed by atoms with Crippen LogP contribution in [0.5, 0.6) is 5.75 Å². The van der Waals surface area contributed by atoms with Crippen molar-refractivity contribution in [3.8, 4) is 5.75 Å². The van der Waals surface area contributed by atoms with Crippen LogP contribution in [0.1, 0.15) is 24.8 Å². The predicted molar refractivity (Wildman–Crippen MR) is 58.0 cm³/mol. The van der Waals surface area contributed by atoms with E-state index < -0.39 is 5.82 Å². The van der Waals surface area contributed by atoms with E-state index in [-0.39, 0.29) is 24.1 Å². The van der Waals surface area contributed by atoms with E-state index in [1.165, 1.54) is 20.3 Å². The molecule has 0 heterocycles. The van der Waals surface area contributed by atoms with E-state index in [1.807, 2.05) is 6.92 Å². The molecule has 0 saturated heterocycles. The van der Waals surface area contributed by atoms with Crippen molar-refractivity contribution in [1.29, 1.82) is 0 Å². The average Bonchev–Trinajstić information content (AvgIpc) is 2.29. The zero-order valence-corrected chi connectivity index (χ0v) is 9.62. The van der Waals surface area contributed by atoms with Crippen molar-refractivity contribution in [3.63, 3.8) is 0 Å². The molecule has 0 amide bonds. The molecular formula is C12H15FO3. The number of ether oxygens (including phenoxy) is 2.